The molecule has 0 spiro atoms. The number of amides is 3. The van der Waals surface area contributed by atoms with Crippen molar-refractivity contribution in [2.24, 2.45) is 0 Å². The zero-order valence-electron chi connectivity index (χ0n) is 12.8. The lowest BCUT2D eigenvalue weighted by Crippen LogP contribution is -2.55. The standard InChI is InChI=1S/C13H25N3O4/c1-6-7-13(5,10(18)19)14-8-9(17)15-11(20)16-12(2,3)4/h14H,6-8H2,1-5H3,(H,18,19)(H2,15,16,17,20). The first-order valence-corrected chi connectivity index (χ1v) is 6.60. The Labute approximate surface area is 119 Å². The van der Waals surface area contributed by atoms with E-state index >= 15 is 0 Å². The molecule has 0 aromatic heterocycles. The third-order valence-electron chi connectivity index (χ3n) is 2.60. The lowest BCUT2D eigenvalue weighted by Gasteiger charge is -2.25. The number of carboxylic acids is 1. The SMILES string of the molecule is CCCC(C)(NCC(=O)NC(=O)NC(C)(C)C)C(=O)O. The van der Waals surface area contributed by atoms with Crippen LogP contribution in [0, 0.1) is 0 Å². The van der Waals surface area contributed by atoms with Crippen LogP contribution in [0.2, 0.25) is 0 Å². The molecule has 0 aromatic carbocycles. The molecule has 0 radical (unpaired) electrons. The quantitative estimate of drug-likeness (QED) is 0.579. The van der Waals surface area contributed by atoms with Gasteiger partial charge in [0.2, 0.25) is 5.91 Å². The molecule has 0 aromatic rings. The number of carbonyl (C=O) groups excluding carboxylic acids is 2. The van der Waals surface area contributed by atoms with Crippen LogP contribution in [0.1, 0.15) is 47.5 Å². The fraction of sp³-hybridized carbons (Fsp3) is 0.769. The Morgan fingerprint density at radius 1 is 1.10 bits per heavy atom. The van der Waals surface area contributed by atoms with E-state index in [9.17, 15) is 14.4 Å². The molecule has 7 nitrogen and oxygen atoms in total. The molecular formula is C13H25N3O4. The molecule has 0 aliphatic carbocycles. The second-order valence-corrected chi connectivity index (χ2v) is 5.99. The maximum absolute atomic E-state index is 11.6. The van der Waals surface area contributed by atoms with Crippen LogP contribution in [-0.2, 0) is 9.59 Å². The van der Waals surface area contributed by atoms with Gasteiger partial charge in [0.05, 0.1) is 6.54 Å². The Morgan fingerprint density at radius 3 is 2.05 bits per heavy atom. The topological polar surface area (TPSA) is 108 Å². The highest BCUT2D eigenvalue weighted by Crippen LogP contribution is 2.11. The summed E-state index contributed by atoms with van der Waals surface area (Å²) in [6, 6.07) is -0.600. The second-order valence-electron chi connectivity index (χ2n) is 5.99. The van der Waals surface area contributed by atoms with E-state index in [1.165, 1.54) is 6.92 Å². The van der Waals surface area contributed by atoms with Gasteiger partial charge in [-0.1, -0.05) is 13.3 Å². The van der Waals surface area contributed by atoms with Crippen LogP contribution in [0.4, 0.5) is 4.79 Å². The zero-order chi connectivity index (χ0) is 16.0. The van der Waals surface area contributed by atoms with E-state index in [1.54, 1.807) is 20.8 Å². The van der Waals surface area contributed by atoms with Crippen LogP contribution in [-0.4, -0.2) is 40.6 Å². The number of nitrogens with one attached hydrogen (secondary N) is 3. The summed E-state index contributed by atoms with van der Waals surface area (Å²) in [7, 11) is 0. The van der Waals surface area contributed by atoms with Gasteiger partial charge in [-0.2, -0.15) is 0 Å². The summed E-state index contributed by atoms with van der Waals surface area (Å²) in [5.41, 5.74) is -1.62. The monoisotopic (exact) mass is 287 g/mol. The molecule has 1 atom stereocenters. The normalized spacial score (nSPS) is 14.2. The van der Waals surface area contributed by atoms with E-state index in [4.69, 9.17) is 5.11 Å². The van der Waals surface area contributed by atoms with Gasteiger partial charge in [-0.15, -0.1) is 0 Å². The van der Waals surface area contributed by atoms with E-state index < -0.39 is 29.0 Å². The number of hydrogen-bond donors (Lipinski definition) is 4. The molecule has 7 heteroatoms. The van der Waals surface area contributed by atoms with Gasteiger partial charge in [0.1, 0.15) is 5.54 Å². The summed E-state index contributed by atoms with van der Waals surface area (Å²) in [6.45, 7) is 8.51. The van der Waals surface area contributed by atoms with Gasteiger partial charge in [-0.3, -0.25) is 20.2 Å². The lowest BCUT2D eigenvalue weighted by molar-refractivity contribution is -0.144. The van der Waals surface area contributed by atoms with Crippen molar-refractivity contribution >= 4 is 17.9 Å². The van der Waals surface area contributed by atoms with Crippen LogP contribution >= 0.6 is 0 Å². The summed E-state index contributed by atoms with van der Waals surface area (Å²) >= 11 is 0. The van der Waals surface area contributed by atoms with E-state index in [0.717, 1.165) is 0 Å². The molecule has 0 fully saturated rings. The molecule has 1 unspecified atom stereocenters. The smallest absolute Gasteiger partial charge is 0.323 e. The summed E-state index contributed by atoms with van der Waals surface area (Å²) in [6.07, 6.45) is 1.06. The Morgan fingerprint density at radius 2 is 1.65 bits per heavy atom. The molecule has 4 N–H and O–H groups in total. The number of aliphatic carboxylic acids is 1. The van der Waals surface area contributed by atoms with E-state index in [1.807, 2.05) is 6.92 Å². The highest BCUT2D eigenvalue weighted by molar-refractivity contribution is 5.95. The van der Waals surface area contributed by atoms with Crippen molar-refractivity contribution < 1.29 is 19.5 Å². The van der Waals surface area contributed by atoms with Gasteiger partial charge in [0.15, 0.2) is 0 Å². The van der Waals surface area contributed by atoms with Crippen LogP contribution in [0.5, 0.6) is 0 Å². The summed E-state index contributed by atoms with van der Waals surface area (Å²) in [5, 5.41) is 16.5. The predicted octanol–water partition coefficient (Wildman–Crippen LogP) is 0.844. The number of carbonyl (C=O) groups is 3. The highest BCUT2D eigenvalue weighted by Gasteiger charge is 2.32. The molecular weight excluding hydrogens is 262 g/mol. The van der Waals surface area contributed by atoms with E-state index in [2.05, 4.69) is 16.0 Å². The van der Waals surface area contributed by atoms with Crippen LogP contribution in [0.15, 0.2) is 0 Å². The van der Waals surface area contributed by atoms with Gasteiger partial charge in [0, 0.05) is 5.54 Å². The summed E-state index contributed by atoms with van der Waals surface area (Å²) in [4.78, 5) is 34.2. The Bertz CT molecular complexity index is 376. The number of hydrogen-bond acceptors (Lipinski definition) is 4. The van der Waals surface area contributed by atoms with E-state index in [0.29, 0.717) is 12.8 Å². The fourth-order valence-electron chi connectivity index (χ4n) is 1.59. The maximum Gasteiger partial charge on any atom is 0.323 e. The molecule has 0 saturated carbocycles. The molecule has 0 aliphatic heterocycles. The van der Waals surface area contributed by atoms with Gasteiger partial charge in [-0.25, -0.2) is 4.79 Å². The summed E-state index contributed by atoms with van der Waals surface area (Å²) in [5.74, 6) is -1.60. The van der Waals surface area contributed by atoms with Gasteiger partial charge < -0.3 is 10.4 Å². The van der Waals surface area contributed by atoms with Gasteiger partial charge >= 0.3 is 12.0 Å². The van der Waals surface area contributed by atoms with Crippen LogP contribution in [0.3, 0.4) is 0 Å². The number of imide groups is 1. The summed E-state index contributed by atoms with van der Waals surface area (Å²) < 4.78 is 0. The Hall–Kier alpha value is -1.63. The third kappa shape index (κ3) is 7.08. The average Bonchev–Trinajstić information content (AvgIpc) is 2.23. The first kappa shape index (κ1) is 18.4. The minimum atomic E-state index is -1.17. The molecule has 20 heavy (non-hydrogen) atoms. The Balaban J connectivity index is 4.34. The van der Waals surface area contributed by atoms with Gasteiger partial charge in [0.25, 0.3) is 0 Å². The highest BCUT2D eigenvalue weighted by atomic mass is 16.4. The molecule has 116 valence electrons. The molecule has 0 heterocycles. The van der Waals surface area contributed by atoms with Crippen molar-refractivity contribution in [3.63, 3.8) is 0 Å². The van der Waals surface area contributed by atoms with Crippen molar-refractivity contribution in [1.82, 2.24) is 16.0 Å². The van der Waals surface area contributed by atoms with Crippen molar-refractivity contribution in [2.45, 2.75) is 58.5 Å². The van der Waals surface area contributed by atoms with Gasteiger partial charge in [-0.05, 0) is 34.1 Å². The minimum Gasteiger partial charge on any atom is -0.480 e. The van der Waals surface area contributed by atoms with Crippen molar-refractivity contribution in [3.8, 4) is 0 Å². The molecule has 0 rings (SSSR count). The largest absolute Gasteiger partial charge is 0.480 e. The van der Waals surface area contributed by atoms with Crippen molar-refractivity contribution in [2.75, 3.05) is 6.54 Å². The third-order valence-corrected chi connectivity index (χ3v) is 2.60. The second kappa shape index (κ2) is 7.23. The van der Waals surface area contributed by atoms with Crippen LogP contribution < -0.4 is 16.0 Å². The first-order valence-electron chi connectivity index (χ1n) is 6.60. The number of carboxylic acid groups (broad SMARTS) is 1. The molecule has 0 aliphatic rings. The zero-order valence-corrected chi connectivity index (χ0v) is 12.8. The maximum atomic E-state index is 11.6. The molecule has 0 saturated heterocycles. The van der Waals surface area contributed by atoms with E-state index in [-0.39, 0.29) is 6.54 Å². The number of rotatable bonds is 6. The fourth-order valence-corrected chi connectivity index (χ4v) is 1.59. The van der Waals surface area contributed by atoms with Crippen molar-refractivity contribution in [3.05, 3.63) is 0 Å². The Kier molecular flexibility index (Phi) is 6.64. The molecule has 0 bridgehead atoms. The molecule has 3 amide bonds. The van der Waals surface area contributed by atoms with Crippen molar-refractivity contribution in [1.29, 1.82) is 0 Å². The average molecular weight is 287 g/mol. The lowest BCUT2D eigenvalue weighted by atomic mass is 9.96. The minimum absolute atomic E-state index is 0.236. The predicted molar refractivity (Wildman–Crippen MR) is 75.4 cm³/mol. The number of urea groups is 1. The van der Waals surface area contributed by atoms with Crippen LogP contribution in [0.25, 0.3) is 0 Å². The first-order chi connectivity index (χ1) is 9.00.